The van der Waals surface area contributed by atoms with Crippen molar-refractivity contribution in [3.05, 3.63) is 35.8 Å². The Morgan fingerprint density at radius 3 is 3.08 bits per heavy atom. The number of fused-ring (bicyclic) bond motifs is 1. The number of rotatable bonds is 4. The first kappa shape index (κ1) is 15.8. The lowest BCUT2D eigenvalue weighted by Crippen LogP contribution is -2.12. The SMILES string of the molecule is c1cncc(-c2nc3c(c(Sc4nnnn4C4CCOC4)n2)CCC3)c1. The maximum Gasteiger partial charge on any atom is 0.215 e. The molecule has 8 nitrogen and oxygen atoms in total. The Morgan fingerprint density at radius 2 is 2.23 bits per heavy atom. The molecule has 1 atom stereocenters. The van der Waals surface area contributed by atoms with Crippen molar-refractivity contribution in [2.45, 2.75) is 41.9 Å². The second-order valence-corrected chi connectivity index (χ2v) is 7.35. The van der Waals surface area contributed by atoms with Crippen LogP contribution in [-0.4, -0.2) is 48.4 Å². The van der Waals surface area contributed by atoms with Crippen molar-refractivity contribution >= 4 is 11.8 Å². The quantitative estimate of drug-likeness (QED) is 0.648. The highest BCUT2D eigenvalue weighted by Crippen LogP contribution is 2.35. The molecule has 0 bridgehead atoms. The third kappa shape index (κ3) is 2.86. The highest BCUT2D eigenvalue weighted by atomic mass is 32.2. The second kappa shape index (κ2) is 6.73. The zero-order chi connectivity index (χ0) is 17.3. The van der Waals surface area contributed by atoms with Gasteiger partial charge in [0, 0.05) is 35.8 Å². The Hall–Kier alpha value is -2.39. The van der Waals surface area contributed by atoms with E-state index in [4.69, 9.17) is 14.7 Å². The van der Waals surface area contributed by atoms with E-state index in [-0.39, 0.29) is 6.04 Å². The van der Waals surface area contributed by atoms with Crippen LogP contribution in [0.4, 0.5) is 0 Å². The highest BCUT2D eigenvalue weighted by molar-refractivity contribution is 7.99. The minimum absolute atomic E-state index is 0.195. The topological polar surface area (TPSA) is 91.5 Å². The van der Waals surface area contributed by atoms with E-state index in [1.807, 2.05) is 16.8 Å². The smallest absolute Gasteiger partial charge is 0.215 e. The van der Waals surface area contributed by atoms with Crippen molar-refractivity contribution in [1.29, 1.82) is 0 Å². The maximum absolute atomic E-state index is 5.48. The lowest BCUT2D eigenvalue weighted by molar-refractivity contribution is 0.182. The zero-order valence-electron chi connectivity index (χ0n) is 14.1. The van der Waals surface area contributed by atoms with E-state index in [0.29, 0.717) is 12.4 Å². The van der Waals surface area contributed by atoms with Gasteiger partial charge in [0.1, 0.15) is 5.03 Å². The van der Waals surface area contributed by atoms with Crippen molar-refractivity contribution in [3.8, 4) is 11.4 Å². The average molecular weight is 367 g/mol. The minimum Gasteiger partial charge on any atom is -0.379 e. The van der Waals surface area contributed by atoms with Crippen molar-refractivity contribution in [3.63, 3.8) is 0 Å². The number of aromatic nitrogens is 7. The van der Waals surface area contributed by atoms with E-state index in [2.05, 4.69) is 20.5 Å². The van der Waals surface area contributed by atoms with Crippen LogP contribution in [-0.2, 0) is 17.6 Å². The van der Waals surface area contributed by atoms with Crippen LogP contribution < -0.4 is 0 Å². The fraction of sp³-hybridized carbons (Fsp3) is 0.412. The Bertz CT molecular complexity index is 924. The van der Waals surface area contributed by atoms with Crippen LogP contribution in [0.5, 0.6) is 0 Å². The van der Waals surface area contributed by atoms with Crippen LogP contribution in [0.2, 0.25) is 0 Å². The Labute approximate surface area is 154 Å². The summed E-state index contributed by atoms with van der Waals surface area (Å²) in [6, 6.07) is 4.08. The summed E-state index contributed by atoms with van der Waals surface area (Å²) in [5.41, 5.74) is 3.28. The fourth-order valence-corrected chi connectivity index (χ4v) is 4.39. The van der Waals surface area contributed by atoms with Gasteiger partial charge in [-0.15, -0.1) is 5.10 Å². The zero-order valence-corrected chi connectivity index (χ0v) is 14.9. The molecule has 0 amide bonds. The number of pyridine rings is 1. The van der Waals surface area contributed by atoms with Gasteiger partial charge in [0.15, 0.2) is 5.82 Å². The van der Waals surface area contributed by atoms with Gasteiger partial charge in [0.05, 0.1) is 12.6 Å². The molecule has 0 N–H and O–H groups in total. The summed E-state index contributed by atoms with van der Waals surface area (Å²) >= 11 is 1.52. The van der Waals surface area contributed by atoms with Crippen molar-refractivity contribution in [1.82, 2.24) is 35.2 Å². The summed E-state index contributed by atoms with van der Waals surface area (Å²) in [4.78, 5) is 13.8. The Kier molecular flexibility index (Phi) is 4.10. The molecule has 3 aromatic heterocycles. The monoisotopic (exact) mass is 367 g/mol. The van der Waals surface area contributed by atoms with Gasteiger partial charge in [-0.25, -0.2) is 14.6 Å². The van der Waals surface area contributed by atoms with Gasteiger partial charge in [-0.05, 0) is 60.0 Å². The first-order valence-corrected chi connectivity index (χ1v) is 9.54. The van der Waals surface area contributed by atoms with Crippen molar-refractivity contribution < 1.29 is 4.74 Å². The van der Waals surface area contributed by atoms with E-state index in [0.717, 1.165) is 53.7 Å². The molecule has 4 heterocycles. The number of nitrogens with zero attached hydrogens (tertiary/aromatic N) is 7. The average Bonchev–Trinajstić information content (AvgIpc) is 3.43. The highest BCUT2D eigenvalue weighted by Gasteiger charge is 2.26. The number of aryl methyl sites for hydroxylation is 1. The summed E-state index contributed by atoms with van der Waals surface area (Å²) < 4.78 is 7.34. The molecule has 9 heteroatoms. The van der Waals surface area contributed by atoms with Gasteiger partial charge >= 0.3 is 0 Å². The lowest BCUT2D eigenvalue weighted by atomic mass is 10.2. The number of ether oxygens (including phenoxy) is 1. The largest absolute Gasteiger partial charge is 0.379 e. The molecule has 2 aliphatic rings. The molecular formula is C17H17N7OS. The standard InChI is InChI=1S/C17H17N7OS/c1-4-13-14(5-1)19-15(11-3-2-7-18-9-11)20-16(13)26-17-21-22-23-24(17)12-6-8-25-10-12/h2-3,7,9,12H,1,4-6,8,10H2. The summed E-state index contributed by atoms with van der Waals surface area (Å²) in [6.07, 6.45) is 7.57. The van der Waals surface area contributed by atoms with Gasteiger partial charge in [-0.3, -0.25) is 4.98 Å². The van der Waals surface area contributed by atoms with E-state index in [1.54, 1.807) is 12.4 Å². The van der Waals surface area contributed by atoms with Gasteiger partial charge < -0.3 is 4.74 Å². The van der Waals surface area contributed by atoms with Gasteiger partial charge in [-0.1, -0.05) is 0 Å². The number of hydrogen-bond donors (Lipinski definition) is 0. The predicted octanol–water partition coefficient (Wildman–Crippen LogP) is 2.13. The van der Waals surface area contributed by atoms with Crippen LogP contribution in [0, 0.1) is 0 Å². The van der Waals surface area contributed by atoms with E-state index in [1.165, 1.54) is 17.3 Å². The lowest BCUT2D eigenvalue weighted by Gasteiger charge is -2.12. The molecule has 132 valence electrons. The van der Waals surface area contributed by atoms with Crippen LogP contribution in [0.1, 0.15) is 30.1 Å². The summed E-state index contributed by atoms with van der Waals surface area (Å²) in [6.45, 7) is 1.41. The minimum atomic E-state index is 0.195. The molecule has 0 saturated carbocycles. The molecule has 0 spiro atoms. The molecule has 1 fully saturated rings. The summed E-state index contributed by atoms with van der Waals surface area (Å²) in [5, 5.41) is 14.0. The second-order valence-electron chi connectivity index (χ2n) is 6.40. The molecule has 0 aromatic carbocycles. The van der Waals surface area contributed by atoms with E-state index in [9.17, 15) is 0 Å². The molecule has 1 aliphatic carbocycles. The van der Waals surface area contributed by atoms with Crippen LogP contribution in [0.25, 0.3) is 11.4 Å². The van der Waals surface area contributed by atoms with Crippen LogP contribution in [0.15, 0.2) is 34.7 Å². The normalized spacial score (nSPS) is 19.0. The van der Waals surface area contributed by atoms with Crippen molar-refractivity contribution in [2.24, 2.45) is 0 Å². The molecule has 0 radical (unpaired) electrons. The van der Waals surface area contributed by atoms with Crippen LogP contribution >= 0.6 is 11.8 Å². The molecular weight excluding hydrogens is 350 g/mol. The third-order valence-corrected chi connectivity index (χ3v) is 5.70. The molecule has 1 unspecified atom stereocenters. The van der Waals surface area contributed by atoms with Gasteiger partial charge in [-0.2, -0.15) is 0 Å². The summed E-state index contributed by atoms with van der Waals surface area (Å²) in [5.74, 6) is 0.712. The molecule has 3 aromatic rings. The van der Waals surface area contributed by atoms with Crippen molar-refractivity contribution in [2.75, 3.05) is 13.2 Å². The van der Waals surface area contributed by atoms with Gasteiger partial charge in [0.25, 0.3) is 0 Å². The summed E-state index contributed by atoms with van der Waals surface area (Å²) in [7, 11) is 0. The van der Waals surface area contributed by atoms with Crippen LogP contribution in [0.3, 0.4) is 0 Å². The van der Waals surface area contributed by atoms with E-state index >= 15 is 0 Å². The molecule has 1 aliphatic heterocycles. The molecule has 26 heavy (non-hydrogen) atoms. The fourth-order valence-electron chi connectivity index (χ4n) is 3.39. The Balaban J connectivity index is 1.53. The first-order chi connectivity index (χ1) is 12.9. The first-order valence-electron chi connectivity index (χ1n) is 8.72. The maximum atomic E-state index is 5.48. The third-order valence-electron chi connectivity index (χ3n) is 4.72. The predicted molar refractivity (Wildman–Crippen MR) is 93.7 cm³/mol. The molecule has 5 rings (SSSR count). The van der Waals surface area contributed by atoms with E-state index < -0.39 is 0 Å². The molecule has 1 saturated heterocycles. The van der Waals surface area contributed by atoms with Gasteiger partial charge in [0.2, 0.25) is 5.16 Å². The number of hydrogen-bond acceptors (Lipinski definition) is 8. The number of tetrazole rings is 1. The Morgan fingerprint density at radius 1 is 1.23 bits per heavy atom.